The summed E-state index contributed by atoms with van der Waals surface area (Å²) in [6.45, 7) is 0.586. The largest absolute Gasteiger partial charge is 0.366 e. The third-order valence-corrected chi connectivity index (χ3v) is 1.97. The van der Waals surface area contributed by atoms with Crippen molar-refractivity contribution in [1.29, 1.82) is 0 Å². The molecule has 0 heterocycles. The minimum absolute atomic E-state index is 0.193. The highest BCUT2D eigenvalue weighted by Gasteiger charge is 2.20. The molecule has 0 unspecified atom stereocenters. The van der Waals surface area contributed by atoms with Gasteiger partial charge in [-0.2, -0.15) is 0 Å². The van der Waals surface area contributed by atoms with Crippen molar-refractivity contribution in [3.63, 3.8) is 0 Å². The van der Waals surface area contributed by atoms with Gasteiger partial charge in [-0.3, -0.25) is 14.7 Å². The van der Waals surface area contributed by atoms with E-state index in [0.29, 0.717) is 13.0 Å². The molecule has 7 N–H and O–H groups in total. The Morgan fingerprint density at radius 1 is 1.53 bits per heavy atom. The SMILES string of the molecule is NCCCO[C@H](NCP(=O)(O)O)C(N)=O. The van der Waals surface area contributed by atoms with Crippen LogP contribution in [0, 0.1) is 0 Å². The zero-order valence-corrected chi connectivity index (χ0v) is 9.02. The Kier molecular flexibility index (Phi) is 6.66. The predicted octanol–water partition coefficient (Wildman–Crippen LogP) is -2.11. The highest BCUT2D eigenvalue weighted by molar-refractivity contribution is 7.51. The van der Waals surface area contributed by atoms with Gasteiger partial charge in [-0.1, -0.05) is 0 Å². The molecule has 0 rings (SSSR count). The Hall–Kier alpha value is -0.500. The molecule has 0 aromatic carbocycles. The summed E-state index contributed by atoms with van der Waals surface area (Å²) in [6.07, 6.45) is -1.34. The fourth-order valence-electron chi connectivity index (χ4n) is 0.728. The number of carbonyl (C=O) groups excluding carboxylic acids is 1. The molecule has 0 radical (unpaired) electrons. The number of hydrogen-bond donors (Lipinski definition) is 5. The van der Waals surface area contributed by atoms with E-state index in [1.54, 1.807) is 0 Å². The van der Waals surface area contributed by atoms with E-state index in [0.717, 1.165) is 0 Å². The maximum absolute atomic E-state index is 10.8. The summed E-state index contributed by atoms with van der Waals surface area (Å²) in [5, 5.41) is 2.22. The molecule has 0 aromatic rings. The number of amides is 1. The minimum Gasteiger partial charge on any atom is -0.366 e. The van der Waals surface area contributed by atoms with Crippen LogP contribution in [0.5, 0.6) is 0 Å². The van der Waals surface area contributed by atoms with Crippen molar-refractivity contribution in [2.45, 2.75) is 12.6 Å². The summed E-state index contributed by atoms with van der Waals surface area (Å²) in [6, 6.07) is 0. The molecule has 90 valence electrons. The summed E-state index contributed by atoms with van der Waals surface area (Å²) in [5.74, 6) is -0.833. The Bertz CT molecular complexity index is 243. The molecule has 0 saturated heterocycles. The topological polar surface area (TPSA) is 148 Å². The predicted molar refractivity (Wildman–Crippen MR) is 52.7 cm³/mol. The van der Waals surface area contributed by atoms with Gasteiger partial charge >= 0.3 is 7.60 Å². The number of hydrogen-bond acceptors (Lipinski definition) is 5. The van der Waals surface area contributed by atoms with Gasteiger partial charge in [0.2, 0.25) is 0 Å². The molecule has 1 atom stereocenters. The summed E-state index contributed by atoms with van der Waals surface area (Å²) in [7, 11) is -4.22. The summed E-state index contributed by atoms with van der Waals surface area (Å²) in [4.78, 5) is 27.8. The second-order valence-corrected chi connectivity index (χ2v) is 4.47. The van der Waals surface area contributed by atoms with Crippen molar-refractivity contribution >= 4 is 13.5 Å². The van der Waals surface area contributed by atoms with E-state index in [2.05, 4.69) is 5.32 Å². The number of nitrogens with one attached hydrogen (secondary N) is 1. The Labute approximate surface area is 87.1 Å². The average Bonchev–Trinajstić information content (AvgIpc) is 2.08. The molecule has 8 nitrogen and oxygen atoms in total. The second-order valence-electron chi connectivity index (χ2n) is 2.82. The number of primary amides is 1. The third-order valence-electron chi connectivity index (χ3n) is 1.37. The lowest BCUT2D eigenvalue weighted by atomic mass is 10.4. The molecule has 15 heavy (non-hydrogen) atoms. The van der Waals surface area contributed by atoms with Crippen LogP contribution in [0.15, 0.2) is 0 Å². The van der Waals surface area contributed by atoms with Crippen molar-refractivity contribution in [1.82, 2.24) is 5.32 Å². The van der Waals surface area contributed by atoms with Crippen molar-refractivity contribution < 1.29 is 23.9 Å². The Balaban J connectivity index is 3.95. The van der Waals surface area contributed by atoms with E-state index >= 15 is 0 Å². The van der Waals surface area contributed by atoms with Crippen LogP contribution in [0.4, 0.5) is 0 Å². The van der Waals surface area contributed by atoms with Crippen molar-refractivity contribution in [3.05, 3.63) is 0 Å². The third kappa shape index (κ3) is 8.49. The van der Waals surface area contributed by atoms with Crippen LogP contribution >= 0.6 is 7.60 Å². The van der Waals surface area contributed by atoms with E-state index in [1.165, 1.54) is 0 Å². The fraction of sp³-hybridized carbons (Fsp3) is 0.833. The Morgan fingerprint density at radius 3 is 2.53 bits per heavy atom. The lowest BCUT2D eigenvalue weighted by Gasteiger charge is -2.16. The average molecular weight is 241 g/mol. The summed E-state index contributed by atoms with van der Waals surface area (Å²) < 4.78 is 15.4. The molecule has 0 aliphatic carbocycles. The fourth-order valence-corrected chi connectivity index (χ4v) is 1.13. The molecule has 0 aliphatic heterocycles. The van der Waals surface area contributed by atoms with E-state index < -0.39 is 26.0 Å². The van der Waals surface area contributed by atoms with Crippen molar-refractivity contribution in [2.24, 2.45) is 11.5 Å². The van der Waals surface area contributed by atoms with Gasteiger partial charge < -0.3 is 26.0 Å². The highest BCUT2D eigenvalue weighted by Crippen LogP contribution is 2.32. The van der Waals surface area contributed by atoms with Gasteiger partial charge in [0.25, 0.3) is 5.91 Å². The number of nitrogens with two attached hydrogens (primary N) is 2. The molecule has 0 aliphatic rings. The molecule has 0 fully saturated rings. The van der Waals surface area contributed by atoms with Gasteiger partial charge in [0.15, 0.2) is 6.23 Å². The molecule has 0 saturated carbocycles. The van der Waals surface area contributed by atoms with E-state index in [-0.39, 0.29) is 6.61 Å². The van der Waals surface area contributed by atoms with Crippen LogP contribution in [-0.4, -0.2) is 41.4 Å². The van der Waals surface area contributed by atoms with Crippen molar-refractivity contribution in [2.75, 3.05) is 19.4 Å². The monoisotopic (exact) mass is 241 g/mol. The van der Waals surface area contributed by atoms with Gasteiger partial charge in [0.05, 0.1) is 6.61 Å². The number of carbonyl (C=O) groups is 1. The quantitative estimate of drug-likeness (QED) is 0.185. The van der Waals surface area contributed by atoms with Crippen LogP contribution < -0.4 is 16.8 Å². The number of ether oxygens (including phenoxy) is 1. The first kappa shape index (κ1) is 14.5. The van der Waals surface area contributed by atoms with Crippen molar-refractivity contribution in [3.8, 4) is 0 Å². The molecule has 9 heteroatoms. The second kappa shape index (κ2) is 6.89. The zero-order valence-electron chi connectivity index (χ0n) is 8.13. The normalized spacial score (nSPS) is 13.8. The molecule has 0 bridgehead atoms. The molecule has 0 aromatic heterocycles. The van der Waals surface area contributed by atoms with Crippen LogP contribution in [0.25, 0.3) is 0 Å². The lowest BCUT2D eigenvalue weighted by Crippen LogP contribution is -2.44. The van der Waals surface area contributed by atoms with Crippen LogP contribution in [0.1, 0.15) is 6.42 Å². The molecular formula is C6H16N3O5P. The van der Waals surface area contributed by atoms with E-state index in [4.69, 9.17) is 26.0 Å². The molecule has 1 amide bonds. The van der Waals surface area contributed by atoms with Gasteiger partial charge in [-0.15, -0.1) is 0 Å². The van der Waals surface area contributed by atoms with Crippen LogP contribution in [0.3, 0.4) is 0 Å². The first-order valence-electron chi connectivity index (χ1n) is 4.26. The minimum atomic E-state index is -4.22. The van der Waals surface area contributed by atoms with E-state index in [1.807, 2.05) is 0 Å². The number of rotatable bonds is 8. The Morgan fingerprint density at radius 2 is 2.13 bits per heavy atom. The maximum atomic E-state index is 10.8. The maximum Gasteiger partial charge on any atom is 0.339 e. The first-order chi connectivity index (χ1) is 6.87. The molecule has 0 spiro atoms. The zero-order chi connectivity index (χ0) is 11.9. The summed E-state index contributed by atoms with van der Waals surface area (Å²) in [5.41, 5.74) is 10.1. The van der Waals surface area contributed by atoms with Gasteiger partial charge in [-0.05, 0) is 13.0 Å². The van der Waals surface area contributed by atoms with Gasteiger partial charge in [0, 0.05) is 0 Å². The van der Waals surface area contributed by atoms with Crippen LogP contribution in [0.2, 0.25) is 0 Å². The molecular weight excluding hydrogens is 225 g/mol. The standard InChI is InChI=1S/C6H16N3O5P/c7-2-1-3-14-6(5(8)10)9-4-15(11,12)13/h6,9H,1-4,7H2,(H2,8,10)(H2,11,12,13)/t6-/m0/s1. The lowest BCUT2D eigenvalue weighted by molar-refractivity contribution is -0.131. The van der Waals surface area contributed by atoms with Crippen LogP contribution in [-0.2, 0) is 14.1 Å². The van der Waals surface area contributed by atoms with Gasteiger partial charge in [-0.25, -0.2) is 0 Å². The smallest absolute Gasteiger partial charge is 0.339 e. The first-order valence-corrected chi connectivity index (χ1v) is 6.05. The van der Waals surface area contributed by atoms with Gasteiger partial charge in [0.1, 0.15) is 6.29 Å². The highest BCUT2D eigenvalue weighted by atomic mass is 31.2. The van der Waals surface area contributed by atoms with E-state index in [9.17, 15) is 9.36 Å². The summed E-state index contributed by atoms with van der Waals surface area (Å²) >= 11 is 0.